The second-order valence-corrected chi connectivity index (χ2v) is 5.73. The fraction of sp³-hybridized carbons (Fsp3) is 0.647. The van der Waals surface area contributed by atoms with E-state index < -0.39 is 0 Å². The lowest BCUT2D eigenvalue weighted by Crippen LogP contribution is -2.47. The summed E-state index contributed by atoms with van der Waals surface area (Å²) in [5, 5.41) is 0. The molecule has 0 aliphatic carbocycles. The van der Waals surface area contributed by atoms with Crippen LogP contribution in [0.2, 0.25) is 0 Å². The summed E-state index contributed by atoms with van der Waals surface area (Å²) in [5.41, 5.74) is 7.24. The largest absolute Gasteiger partial charge is 0.494 e. The monoisotopic (exact) mass is 292 g/mol. The average molecular weight is 292 g/mol. The zero-order chi connectivity index (χ0) is 15.1. The van der Waals surface area contributed by atoms with Crippen molar-refractivity contribution in [1.82, 2.24) is 4.90 Å². The van der Waals surface area contributed by atoms with Crippen LogP contribution in [0.3, 0.4) is 0 Å². The van der Waals surface area contributed by atoms with Crippen LogP contribution in [0.1, 0.15) is 31.7 Å². The highest BCUT2D eigenvalue weighted by Crippen LogP contribution is 2.22. The molecule has 0 amide bonds. The molecule has 2 atom stereocenters. The van der Waals surface area contributed by atoms with Crippen LogP contribution in [0.5, 0.6) is 5.75 Å². The predicted molar refractivity (Wildman–Crippen MR) is 85.5 cm³/mol. The van der Waals surface area contributed by atoms with Gasteiger partial charge < -0.3 is 15.2 Å². The molecule has 1 aromatic rings. The molecule has 0 bridgehead atoms. The molecule has 2 unspecified atom stereocenters. The maximum absolute atomic E-state index is 5.93. The molecule has 1 fully saturated rings. The normalized spacial score (nSPS) is 23.2. The summed E-state index contributed by atoms with van der Waals surface area (Å²) < 4.78 is 11.1. The smallest absolute Gasteiger partial charge is 0.119 e. The SMILES string of the molecule is CCCOc1ccc(CN2CCC(OC)CC2CN)cc1. The molecule has 1 aliphatic rings. The van der Waals surface area contributed by atoms with Gasteiger partial charge in [0, 0.05) is 32.8 Å². The highest BCUT2D eigenvalue weighted by atomic mass is 16.5. The number of benzene rings is 1. The summed E-state index contributed by atoms with van der Waals surface area (Å²) in [4.78, 5) is 2.47. The molecular weight excluding hydrogens is 264 g/mol. The van der Waals surface area contributed by atoms with E-state index in [1.54, 1.807) is 7.11 Å². The first kappa shape index (κ1) is 16.3. The van der Waals surface area contributed by atoms with Gasteiger partial charge in [0.15, 0.2) is 0 Å². The van der Waals surface area contributed by atoms with Gasteiger partial charge >= 0.3 is 0 Å². The van der Waals surface area contributed by atoms with Crippen LogP contribution >= 0.6 is 0 Å². The van der Waals surface area contributed by atoms with Crippen molar-refractivity contribution in [2.75, 3.05) is 26.8 Å². The minimum absolute atomic E-state index is 0.361. The predicted octanol–water partition coefficient (Wildman–Crippen LogP) is 2.41. The molecule has 21 heavy (non-hydrogen) atoms. The standard InChI is InChI=1S/C17H28N2O2/c1-3-10-21-16-6-4-14(5-7-16)13-19-9-8-17(20-2)11-15(19)12-18/h4-7,15,17H,3,8-13,18H2,1-2H3. The fourth-order valence-corrected chi connectivity index (χ4v) is 2.88. The van der Waals surface area contributed by atoms with Crippen molar-refractivity contribution < 1.29 is 9.47 Å². The summed E-state index contributed by atoms with van der Waals surface area (Å²) >= 11 is 0. The summed E-state index contributed by atoms with van der Waals surface area (Å²) in [6.07, 6.45) is 3.52. The summed E-state index contributed by atoms with van der Waals surface area (Å²) in [6.45, 7) is 5.59. The zero-order valence-electron chi connectivity index (χ0n) is 13.3. The Kier molecular flexibility index (Phi) is 6.49. The Balaban J connectivity index is 1.91. The maximum Gasteiger partial charge on any atom is 0.119 e. The van der Waals surface area contributed by atoms with E-state index in [1.165, 1.54) is 5.56 Å². The van der Waals surface area contributed by atoms with Crippen LogP contribution in [-0.4, -0.2) is 43.9 Å². The molecule has 2 rings (SSSR count). The first-order valence-electron chi connectivity index (χ1n) is 7.95. The molecule has 0 saturated carbocycles. The van der Waals surface area contributed by atoms with Gasteiger partial charge in [-0.1, -0.05) is 19.1 Å². The lowest BCUT2D eigenvalue weighted by molar-refractivity contribution is 0.0102. The van der Waals surface area contributed by atoms with Crippen LogP contribution < -0.4 is 10.5 Å². The Morgan fingerprint density at radius 1 is 1.29 bits per heavy atom. The molecule has 4 nitrogen and oxygen atoms in total. The van der Waals surface area contributed by atoms with E-state index in [9.17, 15) is 0 Å². The third kappa shape index (κ3) is 4.70. The van der Waals surface area contributed by atoms with Gasteiger partial charge in [-0.05, 0) is 37.0 Å². The number of piperidine rings is 1. The van der Waals surface area contributed by atoms with Gasteiger partial charge in [-0.3, -0.25) is 4.90 Å². The van der Waals surface area contributed by atoms with E-state index in [-0.39, 0.29) is 0 Å². The molecule has 4 heteroatoms. The van der Waals surface area contributed by atoms with Gasteiger partial charge in [-0.15, -0.1) is 0 Å². The first-order valence-corrected chi connectivity index (χ1v) is 7.95. The van der Waals surface area contributed by atoms with E-state index in [0.717, 1.165) is 44.7 Å². The average Bonchev–Trinajstić information content (AvgIpc) is 2.54. The molecule has 2 N–H and O–H groups in total. The van der Waals surface area contributed by atoms with Crippen molar-refractivity contribution >= 4 is 0 Å². The third-order valence-corrected chi connectivity index (χ3v) is 4.18. The van der Waals surface area contributed by atoms with Gasteiger partial charge in [-0.25, -0.2) is 0 Å². The minimum Gasteiger partial charge on any atom is -0.494 e. The number of hydrogen-bond donors (Lipinski definition) is 1. The second kappa shape index (κ2) is 8.37. The second-order valence-electron chi connectivity index (χ2n) is 5.73. The summed E-state index contributed by atoms with van der Waals surface area (Å²) in [5.74, 6) is 0.953. The highest BCUT2D eigenvalue weighted by Gasteiger charge is 2.27. The molecular formula is C17H28N2O2. The Labute approximate surface area is 128 Å². The van der Waals surface area contributed by atoms with Gasteiger partial charge in [0.05, 0.1) is 12.7 Å². The quantitative estimate of drug-likeness (QED) is 0.838. The van der Waals surface area contributed by atoms with Crippen molar-refractivity contribution in [3.8, 4) is 5.75 Å². The third-order valence-electron chi connectivity index (χ3n) is 4.18. The van der Waals surface area contributed by atoms with Crippen molar-refractivity contribution in [1.29, 1.82) is 0 Å². The Hall–Kier alpha value is -1.10. The lowest BCUT2D eigenvalue weighted by atomic mass is 9.98. The Morgan fingerprint density at radius 2 is 2.05 bits per heavy atom. The maximum atomic E-state index is 5.93. The van der Waals surface area contributed by atoms with Crippen molar-refractivity contribution in [3.63, 3.8) is 0 Å². The molecule has 118 valence electrons. The number of likely N-dealkylation sites (tertiary alicyclic amines) is 1. The highest BCUT2D eigenvalue weighted by molar-refractivity contribution is 5.27. The van der Waals surface area contributed by atoms with Crippen LogP contribution in [0.25, 0.3) is 0 Å². The lowest BCUT2D eigenvalue weighted by Gasteiger charge is -2.38. The van der Waals surface area contributed by atoms with Crippen molar-refractivity contribution in [3.05, 3.63) is 29.8 Å². The molecule has 1 heterocycles. The van der Waals surface area contributed by atoms with E-state index in [1.807, 2.05) is 0 Å². The van der Waals surface area contributed by atoms with Crippen LogP contribution in [0, 0.1) is 0 Å². The number of methoxy groups -OCH3 is 1. The minimum atomic E-state index is 0.361. The van der Waals surface area contributed by atoms with E-state index in [2.05, 4.69) is 36.1 Å². The number of hydrogen-bond acceptors (Lipinski definition) is 4. The van der Waals surface area contributed by atoms with Crippen molar-refractivity contribution in [2.24, 2.45) is 5.73 Å². The molecule has 1 saturated heterocycles. The summed E-state index contributed by atoms with van der Waals surface area (Å²) in [6, 6.07) is 8.84. The molecule has 0 spiro atoms. The van der Waals surface area contributed by atoms with E-state index in [4.69, 9.17) is 15.2 Å². The number of nitrogens with two attached hydrogens (primary N) is 1. The molecule has 1 aliphatic heterocycles. The number of nitrogens with zero attached hydrogens (tertiary/aromatic N) is 1. The van der Waals surface area contributed by atoms with Gasteiger partial charge in [-0.2, -0.15) is 0 Å². The summed E-state index contributed by atoms with van der Waals surface area (Å²) in [7, 11) is 1.79. The van der Waals surface area contributed by atoms with Crippen LogP contribution in [0.15, 0.2) is 24.3 Å². The van der Waals surface area contributed by atoms with Crippen LogP contribution in [-0.2, 0) is 11.3 Å². The molecule has 0 aromatic heterocycles. The van der Waals surface area contributed by atoms with Gasteiger partial charge in [0.25, 0.3) is 0 Å². The Bertz CT molecular complexity index is 408. The fourth-order valence-electron chi connectivity index (χ4n) is 2.88. The zero-order valence-corrected chi connectivity index (χ0v) is 13.3. The van der Waals surface area contributed by atoms with Gasteiger partial charge in [0.2, 0.25) is 0 Å². The molecule has 0 radical (unpaired) electrons. The number of rotatable bonds is 7. The Morgan fingerprint density at radius 3 is 2.67 bits per heavy atom. The topological polar surface area (TPSA) is 47.7 Å². The van der Waals surface area contributed by atoms with E-state index in [0.29, 0.717) is 18.7 Å². The van der Waals surface area contributed by atoms with Crippen molar-refractivity contribution in [2.45, 2.75) is 44.9 Å². The number of ether oxygens (including phenoxy) is 2. The van der Waals surface area contributed by atoms with E-state index >= 15 is 0 Å². The van der Waals surface area contributed by atoms with Gasteiger partial charge in [0.1, 0.15) is 5.75 Å². The van der Waals surface area contributed by atoms with Crippen LogP contribution in [0.4, 0.5) is 0 Å². The molecule has 1 aromatic carbocycles. The first-order chi connectivity index (χ1) is 10.3.